The van der Waals surface area contributed by atoms with Crippen LogP contribution in [-0.2, 0) is 6.42 Å². The van der Waals surface area contributed by atoms with Gasteiger partial charge in [-0.15, -0.1) is 0 Å². The first-order valence-corrected chi connectivity index (χ1v) is 7.44. The first kappa shape index (κ1) is 15.4. The Kier molecular flexibility index (Phi) is 4.89. The molecule has 0 fully saturated rings. The molecular formula is C17H22FN3. The molecule has 0 aliphatic rings. The van der Waals surface area contributed by atoms with Gasteiger partial charge in [0.1, 0.15) is 17.5 Å². The van der Waals surface area contributed by atoms with E-state index in [1.165, 1.54) is 0 Å². The minimum atomic E-state index is -0.226. The van der Waals surface area contributed by atoms with E-state index in [2.05, 4.69) is 22.2 Å². The van der Waals surface area contributed by atoms with E-state index in [1.807, 2.05) is 32.9 Å². The van der Waals surface area contributed by atoms with E-state index >= 15 is 0 Å². The van der Waals surface area contributed by atoms with Gasteiger partial charge in [0.15, 0.2) is 0 Å². The number of halogens is 1. The highest BCUT2D eigenvalue weighted by atomic mass is 19.1. The van der Waals surface area contributed by atoms with Crippen LogP contribution >= 0.6 is 0 Å². The van der Waals surface area contributed by atoms with Crippen LogP contribution in [0.5, 0.6) is 0 Å². The predicted octanol–water partition coefficient (Wildman–Crippen LogP) is 4.28. The van der Waals surface area contributed by atoms with Gasteiger partial charge in [-0.25, -0.2) is 14.4 Å². The van der Waals surface area contributed by atoms with Crippen molar-refractivity contribution in [3.63, 3.8) is 0 Å². The van der Waals surface area contributed by atoms with Crippen molar-refractivity contribution in [2.45, 2.75) is 40.5 Å². The van der Waals surface area contributed by atoms with E-state index in [4.69, 9.17) is 0 Å². The Bertz CT molecular complexity index is 591. The van der Waals surface area contributed by atoms with E-state index in [0.29, 0.717) is 11.3 Å². The summed E-state index contributed by atoms with van der Waals surface area (Å²) in [6.45, 7) is 8.68. The second-order valence-corrected chi connectivity index (χ2v) is 5.27. The Morgan fingerprint density at radius 2 is 1.86 bits per heavy atom. The topological polar surface area (TPSA) is 37.8 Å². The van der Waals surface area contributed by atoms with E-state index in [1.54, 1.807) is 6.07 Å². The van der Waals surface area contributed by atoms with Crippen molar-refractivity contribution in [3.8, 4) is 11.3 Å². The first-order chi connectivity index (χ1) is 10.0. The molecule has 21 heavy (non-hydrogen) atoms. The maximum absolute atomic E-state index is 14.4. The molecule has 4 heteroatoms. The van der Waals surface area contributed by atoms with E-state index in [0.717, 1.165) is 42.2 Å². The summed E-state index contributed by atoms with van der Waals surface area (Å²) in [7, 11) is 0. The predicted molar refractivity (Wildman–Crippen MR) is 85.1 cm³/mol. The van der Waals surface area contributed by atoms with Crippen LogP contribution in [0.25, 0.3) is 11.3 Å². The van der Waals surface area contributed by atoms with Crippen LogP contribution in [0.2, 0.25) is 0 Å². The average Bonchev–Trinajstić information content (AvgIpc) is 2.38. The molecule has 2 rings (SSSR count). The molecule has 0 bridgehead atoms. The van der Waals surface area contributed by atoms with Gasteiger partial charge in [0.25, 0.3) is 0 Å². The summed E-state index contributed by atoms with van der Waals surface area (Å²) < 4.78 is 14.4. The van der Waals surface area contributed by atoms with Crippen molar-refractivity contribution in [2.75, 3.05) is 11.9 Å². The smallest absolute Gasteiger partial charge is 0.133 e. The second-order valence-electron chi connectivity index (χ2n) is 5.27. The Labute approximate surface area is 125 Å². The third kappa shape index (κ3) is 3.57. The Morgan fingerprint density at radius 1 is 1.10 bits per heavy atom. The highest BCUT2D eigenvalue weighted by molar-refractivity contribution is 5.67. The Balaban J connectivity index is 2.57. The number of aryl methyl sites for hydroxylation is 3. The molecule has 0 saturated carbocycles. The quantitative estimate of drug-likeness (QED) is 0.891. The molecule has 1 N–H and O–H groups in total. The van der Waals surface area contributed by atoms with E-state index in [-0.39, 0.29) is 5.82 Å². The van der Waals surface area contributed by atoms with Gasteiger partial charge in [0, 0.05) is 24.6 Å². The fourth-order valence-electron chi connectivity index (χ4n) is 2.47. The number of rotatable bonds is 5. The van der Waals surface area contributed by atoms with Gasteiger partial charge >= 0.3 is 0 Å². The molecule has 0 unspecified atom stereocenters. The zero-order chi connectivity index (χ0) is 15.4. The molecule has 0 amide bonds. The Morgan fingerprint density at radius 3 is 2.48 bits per heavy atom. The van der Waals surface area contributed by atoms with Crippen molar-refractivity contribution in [1.29, 1.82) is 0 Å². The summed E-state index contributed by atoms with van der Waals surface area (Å²) in [5.74, 6) is 1.28. The molecule has 112 valence electrons. The summed E-state index contributed by atoms with van der Waals surface area (Å²) in [6, 6.07) is 5.35. The molecule has 1 aromatic carbocycles. The number of benzene rings is 1. The van der Waals surface area contributed by atoms with Gasteiger partial charge in [0.2, 0.25) is 0 Å². The zero-order valence-corrected chi connectivity index (χ0v) is 13.1. The lowest BCUT2D eigenvalue weighted by Gasteiger charge is -2.12. The normalized spacial score (nSPS) is 10.7. The highest BCUT2D eigenvalue weighted by Gasteiger charge is 2.13. The Hall–Kier alpha value is -1.97. The largest absolute Gasteiger partial charge is 0.370 e. The molecule has 1 heterocycles. The van der Waals surface area contributed by atoms with Crippen molar-refractivity contribution < 1.29 is 4.39 Å². The van der Waals surface area contributed by atoms with Crippen LogP contribution in [0.1, 0.15) is 37.2 Å². The first-order valence-electron chi connectivity index (χ1n) is 7.44. The van der Waals surface area contributed by atoms with E-state index in [9.17, 15) is 4.39 Å². The van der Waals surface area contributed by atoms with Crippen LogP contribution < -0.4 is 5.32 Å². The van der Waals surface area contributed by atoms with Crippen LogP contribution in [0.15, 0.2) is 18.2 Å². The van der Waals surface area contributed by atoms with Crippen molar-refractivity contribution >= 4 is 5.82 Å². The standard InChI is InChI=1S/C17H22FN3/c1-5-7-15-20-14(10-16(21-15)19-6-2)17-12(4)8-11(3)9-13(17)18/h8-10H,5-7H2,1-4H3,(H,19,20,21). The lowest BCUT2D eigenvalue weighted by molar-refractivity contribution is 0.628. The van der Waals surface area contributed by atoms with Gasteiger partial charge in [-0.2, -0.15) is 0 Å². The van der Waals surface area contributed by atoms with Crippen LogP contribution in [0.3, 0.4) is 0 Å². The molecule has 0 spiro atoms. The monoisotopic (exact) mass is 287 g/mol. The van der Waals surface area contributed by atoms with Crippen molar-refractivity contribution in [3.05, 3.63) is 41.0 Å². The molecular weight excluding hydrogens is 265 g/mol. The molecule has 0 saturated heterocycles. The number of nitrogens with one attached hydrogen (secondary N) is 1. The SMILES string of the molecule is CCCc1nc(NCC)cc(-c2c(C)cc(C)cc2F)n1. The fraction of sp³-hybridized carbons (Fsp3) is 0.412. The number of hydrogen-bond donors (Lipinski definition) is 1. The van der Waals surface area contributed by atoms with Gasteiger partial charge in [-0.05, 0) is 44.4 Å². The molecule has 0 atom stereocenters. The van der Waals surface area contributed by atoms with Gasteiger partial charge in [0.05, 0.1) is 5.69 Å². The maximum atomic E-state index is 14.4. The summed E-state index contributed by atoms with van der Waals surface area (Å²) in [5.41, 5.74) is 3.04. The second kappa shape index (κ2) is 6.66. The van der Waals surface area contributed by atoms with Gasteiger partial charge in [-0.1, -0.05) is 13.0 Å². The molecule has 0 aliphatic carbocycles. The third-order valence-electron chi connectivity index (χ3n) is 3.29. The molecule has 0 aliphatic heterocycles. The lowest BCUT2D eigenvalue weighted by Crippen LogP contribution is -2.05. The minimum Gasteiger partial charge on any atom is -0.370 e. The molecule has 3 nitrogen and oxygen atoms in total. The zero-order valence-electron chi connectivity index (χ0n) is 13.1. The molecule has 2 aromatic rings. The average molecular weight is 287 g/mol. The number of aromatic nitrogens is 2. The van der Waals surface area contributed by atoms with Crippen LogP contribution in [0, 0.1) is 19.7 Å². The van der Waals surface area contributed by atoms with Gasteiger partial charge < -0.3 is 5.32 Å². The summed E-state index contributed by atoms with van der Waals surface area (Å²) >= 11 is 0. The van der Waals surface area contributed by atoms with Crippen molar-refractivity contribution in [2.24, 2.45) is 0 Å². The van der Waals surface area contributed by atoms with Gasteiger partial charge in [-0.3, -0.25) is 0 Å². The molecule has 1 aromatic heterocycles. The van der Waals surface area contributed by atoms with Crippen molar-refractivity contribution in [1.82, 2.24) is 9.97 Å². The van der Waals surface area contributed by atoms with Crippen LogP contribution in [-0.4, -0.2) is 16.5 Å². The third-order valence-corrected chi connectivity index (χ3v) is 3.29. The maximum Gasteiger partial charge on any atom is 0.133 e. The number of nitrogens with zero attached hydrogens (tertiary/aromatic N) is 2. The minimum absolute atomic E-state index is 0.226. The van der Waals surface area contributed by atoms with E-state index < -0.39 is 0 Å². The number of anilines is 1. The summed E-state index contributed by atoms with van der Waals surface area (Å²) in [6.07, 6.45) is 1.75. The molecule has 0 radical (unpaired) electrons. The number of hydrogen-bond acceptors (Lipinski definition) is 3. The fourth-order valence-corrected chi connectivity index (χ4v) is 2.47. The highest BCUT2D eigenvalue weighted by Crippen LogP contribution is 2.28. The summed E-state index contributed by atoms with van der Waals surface area (Å²) in [4.78, 5) is 9.01. The van der Waals surface area contributed by atoms with Crippen LogP contribution in [0.4, 0.5) is 10.2 Å². The summed E-state index contributed by atoms with van der Waals surface area (Å²) in [5, 5.41) is 3.19. The lowest BCUT2D eigenvalue weighted by atomic mass is 10.0.